The third kappa shape index (κ3) is 2.63. The number of carbonyl (C=O) groups is 1. The molecular weight excluding hydrogens is 288 g/mol. The molecule has 0 unspecified atom stereocenters. The highest BCUT2D eigenvalue weighted by molar-refractivity contribution is 6.01. The number of aromatic nitrogens is 3. The first-order chi connectivity index (χ1) is 10.9. The van der Waals surface area contributed by atoms with E-state index in [-0.39, 0.29) is 5.91 Å². The Hall–Kier alpha value is -2.56. The van der Waals surface area contributed by atoms with Crippen LogP contribution in [-0.2, 0) is 6.54 Å². The number of aromatic amines is 2. The lowest BCUT2D eigenvalue weighted by atomic mass is 10.1. The van der Waals surface area contributed by atoms with Crippen molar-refractivity contribution in [2.75, 3.05) is 0 Å². The van der Waals surface area contributed by atoms with Crippen LogP contribution in [0.3, 0.4) is 0 Å². The van der Waals surface area contributed by atoms with Crippen LogP contribution in [0.2, 0.25) is 0 Å². The quantitative estimate of drug-likeness (QED) is 0.694. The Morgan fingerprint density at radius 2 is 1.91 bits per heavy atom. The first-order valence-electron chi connectivity index (χ1n) is 7.76. The maximum atomic E-state index is 12.6. The molecule has 3 aromatic rings. The van der Waals surface area contributed by atoms with E-state index in [1.807, 2.05) is 20.8 Å². The second-order valence-corrected chi connectivity index (χ2v) is 6.22. The van der Waals surface area contributed by atoms with Crippen molar-refractivity contribution in [1.82, 2.24) is 20.5 Å². The molecule has 0 bridgehead atoms. The van der Waals surface area contributed by atoms with Crippen molar-refractivity contribution >= 4 is 16.8 Å². The van der Waals surface area contributed by atoms with Gasteiger partial charge in [-0.05, 0) is 51.8 Å². The SMILES string of the molecule is Cc1cc(C)c2[nH]c(C(=O)NCc3c(C)n[nH]c3C)c(C)c2c1. The summed E-state index contributed by atoms with van der Waals surface area (Å²) in [6.45, 7) is 10.5. The van der Waals surface area contributed by atoms with Gasteiger partial charge in [-0.1, -0.05) is 11.6 Å². The number of rotatable bonds is 3. The second-order valence-electron chi connectivity index (χ2n) is 6.22. The van der Waals surface area contributed by atoms with Crippen LogP contribution in [0.1, 0.15) is 44.1 Å². The third-order valence-electron chi connectivity index (χ3n) is 4.44. The molecule has 120 valence electrons. The highest BCUT2D eigenvalue weighted by Gasteiger charge is 2.17. The van der Waals surface area contributed by atoms with Crippen LogP contribution in [0.5, 0.6) is 0 Å². The summed E-state index contributed by atoms with van der Waals surface area (Å²) in [6.07, 6.45) is 0. The van der Waals surface area contributed by atoms with Crippen LogP contribution >= 0.6 is 0 Å². The summed E-state index contributed by atoms with van der Waals surface area (Å²) >= 11 is 0. The largest absolute Gasteiger partial charge is 0.350 e. The Kier molecular flexibility index (Phi) is 3.72. The van der Waals surface area contributed by atoms with Crippen molar-refractivity contribution in [2.45, 2.75) is 41.2 Å². The van der Waals surface area contributed by atoms with Gasteiger partial charge in [0.05, 0.1) is 5.69 Å². The molecule has 23 heavy (non-hydrogen) atoms. The van der Waals surface area contributed by atoms with Crippen molar-refractivity contribution in [1.29, 1.82) is 0 Å². The van der Waals surface area contributed by atoms with E-state index in [1.165, 1.54) is 5.56 Å². The highest BCUT2D eigenvalue weighted by Crippen LogP contribution is 2.26. The molecular formula is C18H22N4O. The summed E-state index contributed by atoms with van der Waals surface area (Å²) in [5.74, 6) is -0.0873. The molecule has 0 saturated heterocycles. The summed E-state index contributed by atoms with van der Waals surface area (Å²) < 4.78 is 0. The molecule has 5 nitrogen and oxygen atoms in total. The standard InChI is InChI=1S/C18H22N4O/c1-9-6-10(2)16-14(7-9)11(3)17(20-16)18(23)19-8-15-12(4)21-22-13(15)5/h6-7,20H,8H2,1-5H3,(H,19,23)(H,21,22). The lowest BCUT2D eigenvalue weighted by molar-refractivity contribution is 0.0946. The molecule has 0 saturated carbocycles. The number of hydrogen-bond acceptors (Lipinski definition) is 2. The first-order valence-corrected chi connectivity index (χ1v) is 7.76. The van der Waals surface area contributed by atoms with Gasteiger partial charge < -0.3 is 10.3 Å². The van der Waals surface area contributed by atoms with Gasteiger partial charge >= 0.3 is 0 Å². The summed E-state index contributed by atoms with van der Waals surface area (Å²) in [5.41, 5.74) is 7.97. The maximum Gasteiger partial charge on any atom is 0.268 e. The highest BCUT2D eigenvalue weighted by atomic mass is 16.1. The third-order valence-corrected chi connectivity index (χ3v) is 4.44. The Morgan fingerprint density at radius 3 is 2.57 bits per heavy atom. The van der Waals surface area contributed by atoms with Gasteiger partial charge in [-0.25, -0.2) is 0 Å². The maximum absolute atomic E-state index is 12.6. The van der Waals surface area contributed by atoms with Gasteiger partial charge in [-0.3, -0.25) is 9.89 Å². The minimum atomic E-state index is -0.0873. The lowest BCUT2D eigenvalue weighted by Gasteiger charge is -2.05. The number of nitrogens with one attached hydrogen (secondary N) is 3. The summed E-state index contributed by atoms with van der Waals surface area (Å²) in [4.78, 5) is 15.9. The van der Waals surface area contributed by atoms with Crippen molar-refractivity contribution in [3.63, 3.8) is 0 Å². The van der Waals surface area contributed by atoms with Crippen LogP contribution in [-0.4, -0.2) is 21.1 Å². The Bertz CT molecular complexity index is 882. The van der Waals surface area contributed by atoms with E-state index in [9.17, 15) is 4.79 Å². The zero-order chi connectivity index (χ0) is 16.7. The number of carbonyl (C=O) groups excluding carboxylic acids is 1. The van der Waals surface area contributed by atoms with Crippen LogP contribution in [0.4, 0.5) is 0 Å². The van der Waals surface area contributed by atoms with Crippen molar-refractivity contribution in [2.24, 2.45) is 0 Å². The van der Waals surface area contributed by atoms with Crippen molar-refractivity contribution in [3.05, 3.63) is 51.5 Å². The van der Waals surface area contributed by atoms with E-state index in [0.717, 1.165) is 39.0 Å². The molecule has 0 spiro atoms. The van der Waals surface area contributed by atoms with Gasteiger partial charge in [0.1, 0.15) is 5.69 Å². The molecule has 0 atom stereocenters. The summed E-state index contributed by atoms with van der Waals surface area (Å²) in [7, 11) is 0. The van der Waals surface area contributed by atoms with E-state index in [4.69, 9.17) is 0 Å². The fourth-order valence-electron chi connectivity index (χ4n) is 3.10. The van der Waals surface area contributed by atoms with Crippen molar-refractivity contribution < 1.29 is 4.79 Å². The van der Waals surface area contributed by atoms with Crippen LogP contribution in [0, 0.1) is 34.6 Å². The predicted molar refractivity (Wildman–Crippen MR) is 91.7 cm³/mol. The smallest absolute Gasteiger partial charge is 0.268 e. The number of amides is 1. The van der Waals surface area contributed by atoms with E-state index in [0.29, 0.717) is 12.2 Å². The first kappa shape index (κ1) is 15.3. The van der Waals surface area contributed by atoms with Gasteiger partial charge in [0.15, 0.2) is 0 Å². The topological polar surface area (TPSA) is 73.6 Å². The molecule has 0 fully saturated rings. The van der Waals surface area contributed by atoms with Crippen molar-refractivity contribution in [3.8, 4) is 0 Å². The van der Waals surface area contributed by atoms with Gasteiger partial charge in [0.25, 0.3) is 5.91 Å². The fraction of sp³-hybridized carbons (Fsp3) is 0.333. The van der Waals surface area contributed by atoms with Gasteiger partial charge in [-0.15, -0.1) is 0 Å². The second kappa shape index (κ2) is 5.57. The minimum absolute atomic E-state index is 0.0873. The Balaban J connectivity index is 1.89. The number of nitrogens with zero attached hydrogens (tertiary/aromatic N) is 1. The summed E-state index contributed by atoms with van der Waals surface area (Å²) in [6, 6.07) is 4.24. The molecule has 2 heterocycles. The molecule has 3 N–H and O–H groups in total. The van der Waals surface area contributed by atoms with E-state index < -0.39 is 0 Å². The van der Waals surface area contributed by atoms with Crippen LogP contribution in [0.25, 0.3) is 10.9 Å². The average molecular weight is 310 g/mol. The minimum Gasteiger partial charge on any atom is -0.350 e. The molecule has 0 aliphatic rings. The molecule has 2 aromatic heterocycles. The average Bonchev–Trinajstić information content (AvgIpc) is 2.98. The fourth-order valence-corrected chi connectivity index (χ4v) is 3.10. The number of benzene rings is 1. The molecule has 0 radical (unpaired) electrons. The van der Waals surface area contributed by atoms with E-state index >= 15 is 0 Å². The number of fused-ring (bicyclic) bond motifs is 1. The zero-order valence-electron chi connectivity index (χ0n) is 14.2. The molecule has 0 aliphatic heterocycles. The van der Waals surface area contributed by atoms with Gasteiger partial charge in [-0.2, -0.15) is 5.10 Å². The zero-order valence-corrected chi connectivity index (χ0v) is 14.2. The van der Waals surface area contributed by atoms with Crippen LogP contribution in [0.15, 0.2) is 12.1 Å². The molecule has 1 amide bonds. The predicted octanol–water partition coefficient (Wildman–Crippen LogP) is 3.36. The monoisotopic (exact) mass is 310 g/mol. The van der Waals surface area contributed by atoms with Crippen LogP contribution < -0.4 is 5.32 Å². The number of aryl methyl sites for hydroxylation is 5. The molecule has 5 heteroatoms. The van der Waals surface area contributed by atoms with E-state index in [2.05, 4.69) is 46.5 Å². The molecule has 1 aromatic carbocycles. The lowest BCUT2D eigenvalue weighted by Crippen LogP contribution is -2.24. The molecule has 3 rings (SSSR count). The Morgan fingerprint density at radius 1 is 1.17 bits per heavy atom. The number of hydrogen-bond donors (Lipinski definition) is 3. The van der Waals surface area contributed by atoms with Gasteiger partial charge in [0.2, 0.25) is 0 Å². The summed E-state index contributed by atoms with van der Waals surface area (Å²) in [5, 5.41) is 11.2. The normalized spacial score (nSPS) is 11.2. The molecule has 0 aliphatic carbocycles. The number of H-pyrrole nitrogens is 2. The Labute approximate surface area is 135 Å². The van der Waals surface area contributed by atoms with Gasteiger partial charge in [0, 0.05) is 28.7 Å². The van der Waals surface area contributed by atoms with E-state index in [1.54, 1.807) is 0 Å².